The first kappa shape index (κ1) is 7.20. The molecule has 2 rings (SSSR count). The molecule has 0 aliphatic carbocycles. The van der Waals surface area contributed by atoms with Crippen LogP contribution in [0.5, 0.6) is 0 Å². The average molecular weight is 169 g/mol. The molecule has 0 saturated heterocycles. The predicted molar refractivity (Wildman–Crippen MR) is 52.5 cm³/mol. The van der Waals surface area contributed by atoms with Gasteiger partial charge in [-0.1, -0.05) is 18.2 Å². The molecule has 2 aromatic rings. The molecular weight excluding hydrogens is 162 g/mol. The Labute approximate surface area is 73.6 Å². The lowest BCUT2D eigenvalue weighted by Gasteiger charge is -1.84. The Kier molecular flexibility index (Phi) is 1.73. The largest absolute Gasteiger partial charge is 0.362 e. The molecule has 1 N–H and O–H groups in total. The van der Waals surface area contributed by atoms with Gasteiger partial charge in [0, 0.05) is 10.8 Å². The van der Waals surface area contributed by atoms with E-state index in [9.17, 15) is 0 Å². The highest BCUT2D eigenvalue weighted by Crippen LogP contribution is 2.08. The van der Waals surface area contributed by atoms with Crippen molar-refractivity contribution in [1.29, 1.82) is 0 Å². The summed E-state index contributed by atoms with van der Waals surface area (Å²) >= 11 is 0. The molecule has 1 heterocycles. The highest BCUT2D eigenvalue weighted by Gasteiger charge is 1.97. The SMILES string of the molecule is C#C[Si]c1cc2ccccc2[nH]1. The zero-order valence-electron chi connectivity index (χ0n) is 6.46. The van der Waals surface area contributed by atoms with Crippen molar-refractivity contribution in [3.8, 4) is 12.0 Å². The van der Waals surface area contributed by atoms with Crippen LogP contribution in [0, 0.1) is 12.0 Å². The van der Waals surface area contributed by atoms with Gasteiger partial charge in [0.15, 0.2) is 0 Å². The van der Waals surface area contributed by atoms with Crippen molar-refractivity contribution in [3.63, 3.8) is 0 Å². The van der Waals surface area contributed by atoms with Crippen LogP contribution in [0.2, 0.25) is 0 Å². The molecule has 0 aliphatic rings. The Balaban J connectivity index is 2.56. The molecular formula is C10H7NSi. The summed E-state index contributed by atoms with van der Waals surface area (Å²) in [7, 11) is 0.443. The molecule has 0 bridgehead atoms. The number of aromatic amines is 1. The number of hydrogen-bond acceptors (Lipinski definition) is 0. The van der Waals surface area contributed by atoms with Crippen LogP contribution in [0.15, 0.2) is 30.3 Å². The maximum absolute atomic E-state index is 5.22. The molecule has 1 nitrogen and oxygen atoms in total. The van der Waals surface area contributed by atoms with Crippen molar-refractivity contribution < 1.29 is 0 Å². The van der Waals surface area contributed by atoms with Crippen LogP contribution in [0.1, 0.15) is 0 Å². The molecule has 0 atom stereocenters. The monoisotopic (exact) mass is 169 g/mol. The lowest BCUT2D eigenvalue weighted by molar-refractivity contribution is 1.54. The van der Waals surface area contributed by atoms with E-state index in [4.69, 9.17) is 6.42 Å². The molecule has 0 amide bonds. The Bertz CT molecular complexity index is 403. The minimum atomic E-state index is 0.443. The van der Waals surface area contributed by atoms with Crippen molar-refractivity contribution in [3.05, 3.63) is 30.3 Å². The number of rotatable bonds is 1. The van der Waals surface area contributed by atoms with Crippen LogP contribution in [0.25, 0.3) is 10.9 Å². The van der Waals surface area contributed by atoms with Gasteiger partial charge in [-0.15, -0.1) is 12.0 Å². The van der Waals surface area contributed by atoms with Crippen LogP contribution in [-0.4, -0.2) is 14.5 Å². The summed E-state index contributed by atoms with van der Waals surface area (Å²) in [4.78, 5) is 3.27. The van der Waals surface area contributed by atoms with Gasteiger partial charge in [-0.05, 0) is 17.5 Å². The van der Waals surface area contributed by atoms with Gasteiger partial charge in [-0.3, -0.25) is 0 Å². The summed E-state index contributed by atoms with van der Waals surface area (Å²) in [6.45, 7) is 0. The lowest BCUT2D eigenvalue weighted by Crippen LogP contribution is -2.12. The number of hydrogen-bond donors (Lipinski definition) is 1. The molecule has 12 heavy (non-hydrogen) atoms. The van der Waals surface area contributed by atoms with E-state index in [0.717, 1.165) is 10.8 Å². The highest BCUT2D eigenvalue weighted by molar-refractivity contribution is 6.61. The van der Waals surface area contributed by atoms with Crippen LogP contribution < -0.4 is 5.32 Å². The predicted octanol–water partition coefficient (Wildman–Crippen LogP) is 1.09. The van der Waals surface area contributed by atoms with Crippen molar-refractivity contribution in [1.82, 2.24) is 4.98 Å². The fourth-order valence-corrected chi connectivity index (χ4v) is 1.80. The number of terminal acetylenes is 1. The van der Waals surface area contributed by atoms with Gasteiger partial charge in [0.05, 0.1) is 0 Å². The van der Waals surface area contributed by atoms with Gasteiger partial charge in [0.1, 0.15) is 0 Å². The number of nitrogens with one attached hydrogen (secondary N) is 1. The number of benzene rings is 1. The lowest BCUT2D eigenvalue weighted by atomic mass is 10.3. The summed E-state index contributed by atoms with van der Waals surface area (Å²) in [6, 6.07) is 10.3. The first-order chi connectivity index (χ1) is 5.90. The number of H-pyrrole nitrogens is 1. The molecule has 0 aliphatic heterocycles. The second-order valence-corrected chi connectivity index (χ2v) is 3.62. The standard InChI is InChI=1S/C10H7NSi/c1-2-12-10-7-8-5-3-4-6-9(8)11-10/h1,3-7,11H. The topological polar surface area (TPSA) is 15.8 Å². The van der Waals surface area contributed by atoms with Crippen LogP contribution in [-0.2, 0) is 0 Å². The quantitative estimate of drug-likeness (QED) is 0.486. The van der Waals surface area contributed by atoms with E-state index in [0.29, 0.717) is 9.52 Å². The second kappa shape index (κ2) is 2.88. The Morgan fingerprint density at radius 1 is 1.33 bits per heavy atom. The summed E-state index contributed by atoms with van der Waals surface area (Å²) in [5.41, 5.74) is 3.80. The maximum Gasteiger partial charge on any atom is 0.208 e. The van der Waals surface area contributed by atoms with Gasteiger partial charge in [0.25, 0.3) is 0 Å². The van der Waals surface area contributed by atoms with Crippen molar-refractivity contribution >= 4 is 25.7 Å². The zero-order valence-corrected chi connectivity index (χ0v) is 7.46. The van der Waals surface area contributed by atoms with Gasteiger partial charge in [-0.2, -0.15) is 0 Å². The minimum absolute atomic E-state index is 0.443. The van der Waals surface area contributed by atoms with Crippen LogP contribution >= 0.6 is 0 Å². The normalized spacial score (nSPS) is 9.92. The molecule has 1 aromatic carbocycles. The molecule has 56 valence electrons. The molecule has 0 spiro atoms. The highest BCUT2D eigenvalue weighted by atomic mass is 28.2. The summed E-state index contributed by atoms with van der Waals surface area (Å²) in [6.07, 6.45) is 5.22. The third-order valence-electron chi connectivity index (χ3n) is 1.74. The van der Waals surface area contributed by atoms with E-state index in [2.05, 4.69) is 28.7 Å². The number of para-hydroxylation sites is 1. The van der Waals surface area contributed by atoms with Crippen molar-refractivity contribution in [2.75, 3.05) is 0 Å². The first-order valence-corrected chi connectivity index (χ1v) is 4.69. The van der Waals surface area contributed by atoms with E-state index >= 15 is 0 Å². The zero-order chi connectivity index (χ0) is 8.39. The Hall–Kier alpha value is -1.46. The molecule has 1 aromatic heterocycles. The Morgan fingerprint density at radius 2 is 2.17 bits per heavy atom. The van der Waals surface area contributed by atoms with E-state index in [1.165, 1.54) is 5.39 Å². The number of aromatic nitrogens is 1. The summed E-state index contributed by atoms with van der Waals surface area (Å²) in [5.74, 6) is 0. The smallest absolute Gasteiger partial charge is 0.208 e. The average Bonchev–Trinajstić information content (AvgIpc) is 2.47. The fraction of sp³-hybridized carbons (Fsp3) is 0. The first-order valence-electron chi connectivity index (χ1n) is 3.69. The second-order valence-electron chi connectivity index (χ2n) is 2.54. The molecule has 2 radical (unpaired) electrons. The van der Waals surface area contributed by atoms with Crippen LogP contribution in [0.3, 0.4) is 0 Å². The van der Waals surface area contributed by atoms with Gasteiger partial charge in [-0.25, -0.2) is 0 Å². The fourth-order valence-electron chi connectivity index (χ4n) is 1.22. The van der Waals surface area contributed by atoms with E-state index in [1.54, 1.807) is 0 Å². The molecule has 0 unspecified atom stereocenters. The van der Waals surface area contributed by atoms with E-state index in [-0.39, 0.29) is 0 Å². The van der Waals surface area contributed by atoms with Crippen molar-refractivity contribution in [2.45, 2.75) is 0 Å². The van der Waals surface area contributed by atoms with Crippen LogP contribution in [0.4, 0.5) is 0 Å². The van der Waals surface area contributed by atoms with Gasteiger partial charge >= 0.3 is 0 Å². The van der Waals surface area contributed by atoms with E-state index in [1.807, 2.05) is 12.1 Å². The summed E-state index contributed by atoms with van der Waals surface area (Å²) in [5, 5.41) is 2.37. The minimum Gasteiger partial charge on any atom is -0.362 e. The Morgan fingerprint density at radius 3 is 2.92 bits per heavy atom. The van der Waals surface area contributed by atoms with E-state index < -0.39 is 0 Å². The molecule has 2 heteroatoms. The van der Waals surface area contributed by atoms with Gasteiger partial charge < -0.3 is 4.98 Å². The number of fused-ring (bicyclic) bond motifs is 1. The molecule has 0 saturated carbocycles. The third kappa shape index (κ3) is 1.15. The third-order valence-corrected chi connectivity index (χ3v) is 2.42. The van der Waals surface area contributed by atoms with Gasteiger partial charge in [0.2, 0.25) is 9.52 Å². The maximum atomic E-state index is 5.22. The summed E-state index contributed by atoms with van der Waals surface area (Å²) < 4.78 is 0. The molecule has 0 fully saturated rings. The van der Waals surface area contributed by atoms with Crippen molar-refractivity contribution in [2.24, 2.45) is 0 Å².